The molecule has 1 heterocycles. The second-order valence-corrected chi connectivity index (χ2v) is 7.53. The zero-order valence-electron chi connectivity index (χ0n) is 15.8. The van der Waals surface area contributed by atoms with E-state index in [1.807, 2.05) is 42.7 Å². The fourth-order valence-electron chi connectivity index (χ4n) is 2.71. The number of nitrogens with one attached hydrogen (secondary N) is 1. The number of hydrogen-bond donors (Lipinski definition) is 1. The smallest absolute Gasteiger partial charge is 0.271 e. The van der Waals surface area contributed by atoms with Crippen molar-refractivity contribution in [1.29, 1.82) is 0 Å². The van der Waals surface area contributed by atoms with Gasteiger partial charge in [0.05, 0.1) is 21.4 Å². The number of anilines is 1. The molecule has 0 fully saturated rings. The Morgan fingerprint density at radius 1 is 1.28 bits per heavy atom. The lowest BCUT2D eigenvalue weighted by molar-refractivity contribution is -0.384. The summed E-state index contributed by atoms with van der Waals surface area (Å²) in [6, 6.07) is 11.9. The number of nitrogens with zero attached hydrogens (tertiary/aromatic N) is 4. The van der Waals surface area contributed by atoms with Crippen molar-refractivity contribution in [1.82, 2.24) is 14.8 Å². The van der Waals surface area contributed by atoms with Gasteiger partial charge >= 0.3 is 0 Å². The van der Waals surface area contributed by atoms with Crippen molar-refractivity contribution in [2.45, 2.75) is 25.5 Å². The third-order valence-corrected chi connectivity index (χ3v) is 5.36. The van der Waals surface area contributed by atoms with Gasteiger partial charge in [-0.15, -0.1) is 10.2 Å². The van der Waals surface area contributed by atoms with Crippen LogP contribution in [0.25, 0.3) is 11.4 Å². The van der Waals surface area contributed by atoms with Gasteiger partial charge in [0.25, 0.3) is 5.69 Å². The lowest BCUT2D eigenvalue weighted by Gasteiger charge is -2.09. The van der Waals surface area contributed by atoms with E-state index in [2.05, 4.69) is 15.5 Å². The van der Waals surface area contributed by atoms with E-state index in [9.17, 15) is 14.9 Å². The summed E-state index contributed by atoms with van der Waals surface area (Å²) in [7, 11) is 0. The zero-order valence-corrected chi connectivity index (χ0v) is 17.3. The van der Waals surface area contributed by atoms with Crippen molar-refractivity contribution in [3.63, 3.8) is 0 Å². The highest BCUT2D eigenvalue weighted by Crippen LogP contribution is 2.28. The molecule has 2 aromatic carbocycles. The number of thioether (sulfide) groups is 1. The number of benzene rings is 2. The molecule has 0 radical (unpaired) electrons. The maximum absolute atomic E-state index is 12.3. The average molecular weight is 432 g/mol. The lowest BCUT2D eigenvalue weighted by Crippen LogP contribution is -2.15. The van der Waals surface area contributed by atoms with Crippen LogP contribution in [0.3, 0.4) is 0 Å². The highest BCUT2D eigenvalue weighted by molar-refractivity contribution is 7.99. The van der Waals surface area contributed by atoms with Crippen LogP contribution in [0.15, 0.2) is 47.6 Å². The van der Waals surface area contributed by atoms with Crippen molar-refractivity contribution >= 4 is 40.6 Å². The molecule has 0 saturated carbocycles. The molecule has 0 saturated heterocycles. The highest BCUT2D eigenvalue weighted by atomic mass is 35.5. The minimum absolute atomic E-state index is 0.0965. The molecule has 0 atom stereocenters. The Kier molecular flexibility index (Phi) is 6.50. The SMILES string of the molecule is CCn1c(SCC(=O)Nc2ccc([N+](=O)[O-])cc2Cl)nnc1-c1cccc(C)c1. The second-order valence-electron chi connectivity index (χ2n) is 6.18. The predicted octanol–water partition coefficient (Wildman–Crippen LogP) is 4.57. The van der Waals surface area contributed by atoms with Gasteiger partial charge in [0.2, 0.25) is 5.91 Å². The number of nitro benzene ring substituents is 1. The first-order valence-corrected chi connectivity index (χ1v) is 10.1. The molecule has 150 valence electrons. The van der Waals surface area contributed by atoms with Gasteiger partial charge in [-0.1, -0.05) is 47.1 Å². The first-order valence-electron chi connectivity index (χ1n) is 8.76. The maximum atomic E-state index is 12.3. The van der Waals surface area contributed by atoms with Gasteiger partial charge in [-0.3, -0.25) is 14.9 Å². The van der Waals surface area contributed by atoms with Crippen LogP contribution in [0.1, 0.15) is 12.5 Å². The molecule has 10 heteroatoms. The highest BCUT2D eigenvalue weighted by Gasteiger charge is 2.16. The number of rotatable bonds is 7. The molecule has 0 aliphatic heterocycles. The van der Waals surface area contributed by atoms with Crippen LogP contribution in [0, 0.1) is 17.0 Å². The van der Waals surface area contributed by atoms with Crippen LogP contribution in [0.4, 0.5) is 11.4 Å². The van der Waals surface area contributed by atoms with E-state index in [-0.39, 0.29) is 22.4 Å². The molecular weight excluding hydrogens is 414 g/mol. The molecule has 1 amide bonds. The van der Waals surface area contributed by atoms with Crippen molar-refractivity contribution in [3.05, 3.63) is 63.2 Å². The standard InChI is InChI=1S/C19H18ClN5O3S/c1-3-24-18(13-6-4-5-12(2)9-13)22-23-19(24)29-11-17(26)21-16-8-7-14(25(27)28)10-15(16)20/h4-10H,3,11H2,1-2H3,(H,21,26). The average Bonchev–Trinajstić information content (AvgIpc) is 3.10. The molecule has 8 nitrogen and oxygen atoms in total. The molecule has 0 unspecified atom stereocenters. The summed E-state index contributed by atoms with van der Waals surface area (Å²) in [6.45, 7) is 4.66. The largest absolute Gasteiger partial charge is 0.324 e. The number of aryl methyl sites for hydroxylation is 1. The van der Waals surface area contributed by atoms with Crippen molar-refractivity contribution in [3.8, 4) is 11.4 Å². The fraction of sp³-hybridized carbons (Fsp3) is 0.211. The van der Waals surface area contributed by atoms with Crippen molar-refractivity contribution in [2.24, 2.45) is 0 Å². The van der Waals surface area contributed by atoms with Gasteiger partial charge in [0.15, 0.2) is 11.0 Å². The summed E-state index contributed by atoms with van der Waals surface area (Å²) in [5, 5.41) is 22.7. The Bertz CT molecular complexity index is 1070. The number of carbonyl (C=O) groups excluding carboxylic acids is 1. The third-order valence-electron chi connectivity index (χ3n) is 4.08. The Morgan fingerprint density at radius 3 is 2.72 bits per heavy atom. The number of nitro groups is 1. The molecule has 0 aliphatic carbocycles. The van der Waals surface area contributed by atoms with Crippen LogP contribution in [-0.4, -0.2) is 31.3 Å². The second kappa shape index (κ2) is 9.06. The van der Waals surface area contributed by atoms with Crippen LogP contribution in [0.5, 0.6) is 0 Å². The van der Waals surface area contributed by atoms with E-state index < -0.39 is 4.92 Å². The van der Waals surface area contributed by atoms with Crippen molar-refractivity contribution < 1.29 is 9.72 Å². The summed E-state index contributed by atoms with van der Waals surface area (Å²) in [5.41, 5.74) is 2.28. The maximum Gasteiger partial charge on any atom is 0.271 e. The van der Waals surface area contributed by atoms with Gasteiger partial charge < -0.3 is 9.88 Å². The quantitative estimate of drug-likeness (QED) is 0.334. The monoisotopic (exact) mass is 431 g/mol. The number of hydrogen-bond acceptors (Lipinski definition) is 6. The van der Waals surface area contributed by atoms with Crippen LogP contribution < -0.4 is 5.32 Å². The van der Waals surface area contributed by atoms with Crippen LogP contribution >= 0.6 is 23.4 Å². The third kappa shape index (κ3) is 4.93. The van der Waals surface area contributed by atoms with Gasteiger partial charge in [-0.05, 0) is 26.0 Å². The Labute approximate surface area is 176 Å². The minimum atomic E-state index is -0.545. The first-order chi connectivity index (χ1) is 13.9. The van der Waals surface area contributed by atoms with E-state index in [0.29, 0.717) is 17.4 Å². The minimum Gasteiger partial charge on any atom is -0.324 e. The number of carbonyl (C=O) groups is 1. The molecule has 0 aliphatic rings. The summed E-state index contributed by atoms with van der Waals surface area (Å²) < 4.78 is 1.95. The molecule has 1 aromatic heterocycles. The molecule has 0 spiro atoms. The van der Waals surface area contributed by atoms with Gasteiger partial charge in [-0.25, -0.2) is 0 Å². The number of non-ortho nitro benzene ring substituents is 1. The van der Waals surface area contributed by atoms with E-state index >= 15 is 0 Å². The molecular formula is C19H18ClN5O3S. The van der Waals surface area contributed by atoms with Crippen molar-refractivity contribution in [2.75, 3.05) is 11.1 Å². The van der Waals surface area contributed by atoms with E-state index in [1.165, 1.54) is 30.0 Å². The van der Waals surface area contributed by atoms with E-state index in [1.54, 1.807) is 0 Å². The van der Waals surface area contributed by atoms with Crippen LogP contribution in [0.2, 0.25) is 5.02 Å². The van der Waals surface area contributed by atoms with Gasteiger partial charge in [0.1, 0.15) is 0 Å². The fourth-order valence-corrected chi connectivity index (χ4v) is 3.74. The Balaban J connectivity index is 1.69. The zero-order chi connectivity index (χ0) is 21.0. The Hall–Kier alpha value is -2.91. The number of amides is 1. The summed E-state index contributed by atoms with van der Waals surface area (Å²) in [5.74, 6) is 0.547. The summed E-state index contributed by atoms with van der Waals surface area (Å²) >= 11 is 7.27. The van der Waals surface area contributed by atoms with Gasteiger partial charge in [0, 0.05) is 24.2 Å². The van der Waals surface area contributed by atoms with Crippen LogP contribution in [-0.2, 0) is 11.3 Å². The predicted molar refractivity (Wildman–Crippen MR) is 113 cm³/mol. The van der Waals surface area contributed by atoms with E-state index in [4.69, 9.17) is 11.6 Å². The summed E-state index contributed by atoms with van der Waals surface area (Å²) in [6.07, 6.45) is 0. The van der Waals surface area contributed by atoms with Gasteiger partial charge in [-0.2, -0.15) is 0 Å². The topological polar surface area (TPSA) is 103 Å². The molecule has 3 aromatic rings. The molecule has 3 rings (SSSR count). The molecule has 1 N–H and O–H groups in total. The lowest BCUT2D eigenvalue weighted by atomic mass is 10.1. The molecule has 29 heavy (non-hydrogen) atoms. The summed E-state index contributed by atoms with van der Waals surface area (Å²) in [4.78, 5) is 22.5. The normalized spacial score (nSPS) is 10.7. The number of aromatic nitrogens is 3. The molecule has 0 bridgehead atoms. The first kappa shape index (κ1) is 20.8. The number of halogens is 1. The Morgan fingerprint density at radius 2 is 2.07 bits per heavy atom. The van der Waals surface area contributed by atoms with E-state index in [0.717, 1.165) is 17.0 Å².